The van der Waals surface area contributed by atoms with E-state index in [0.717, 1.165) is 0 Å². The van der Waals surface area contributed by atoms with Crippen molar-refractivity contribution in [2.75, 3.05) is 0 Å². The third-order valence-electron chi connectivity index (χ3n) is 2.74. The molecule has 3 N–H and O–H groups in total. The molecule has 0 aliphatic carbocycles. The lowest BCUT2D eigenvalue weighted by molar-refractivity contribution is 0.299. The van der Waals surface area contributed by atoms with Gasteiger partial charge < -0.3 is 15.7 Å². The van der Waals surface area contributed by atoms with Crippen LogP contribution < -0.4 is 10.5 Å². The molecule has 0 bridgehead atoms. The molecule has 4 nitrogen and oxygen atoms in total. The van der Waals surface area contributed by atoms with Gasteiger partial charge in [0.2, 0.25) is 0 Å². The molecule has 0 aromatic heterocycles. The zero-order chi connectivity index (χ0) is 15.4. The number of rotatable bonds is 4. The number of oxime groups is 1. The number of hydrogen-bond donors (Lipinski definition) is 2. The minimum Gasteiger partial charge on any atom is -0.487 e. The van der Waals surface area contributed by atoms with Gasteiger partial charge in [0, 0.05) is 10.6 Å². The fourth-order valence-corrected chi connectivity index (χ4v) is 2.15. The molecule has 2 aromatic carbocycles. The summed E-state index contributed by atoms with van der Waals surface area (Å²) < 4.78 is 19.6. The number of benzene rings is 2. The number of ether oxygens (including phenoxy) is 1. The van der Waals surface area contributed by atoms with Gasteiger partial charge in [-0.2, -0.15) is 0 Å². The monoisotopic (exact) mass is 328 g/mol. The summed E-state index contributed by atoms with van der Waals surface area (Å²) in [5.74, 6) is -0.536. The second kappa shape index (κ2) is 6.65. The number of amidine groups is 1. The van der Waals surface area contributed by atoms with Gasteiger partial charge in [0.25, 0.3) is 0 Å². The summed E-state index contributed by atoms with van der Waals surface area (Å²) in [6, 6.07) is 9.26. The molecule has 0 radical (unpaired) electrons. The maximum absolute atomic E-state index is 14.2. The van der Waals surface area contributed by atoms with E-state index in [1.165, 1.54) is 18.2 Å². The van der Waals surface area contributed by atoms with Crippen LogP contribution in [0.25, 0.3) is 0 Å². The smallest absolute Gasteiger partial charge is 0.173 e. The molecule has 0 atom stereocenters. The Balaban J connectivity index is 2.21. The molecule has 0 saturated carbocycles. The molecule has 0 spiro atoms. The quantitative estimate of drug-likeness (QED) is 0.388. The van der Waals surface area contributed by atoms with E-state index in [9.17, 15) is 4.39 Å². The van der Waals surface area contributed by atoms with Crippen LogP contribution in [0.2, 0.25) is 10.0 Å². The molecule has 2 aromatic rings. The van der Waals surface area contributed by atoms with Crippen molar-refractivity contribution >= 4 is 29.0 Å². The molecule has 0 amide bonds. The van der Waals surface area contributed by atoms with E-state index in [1.54, 1.807) is 18.2 Å². The molecule has 2 rings (SSSR count). The van der Waals surface area contributed by atoms with Crippen LogP contribution in [0.3, 0.4) is 0 Å². The molecular formula is C14H11Cl2FN2O2. The van der Waals surface area contributed by atoms with Crippen LogP contribution in [-0.2, 0) is 6.61 Å². The summed E-state index contributed by atoms with van der Waals surface area (Å²) in [5, 5.41) is 12.2. The van der Waals surface area contributed by atoms with E-state index in [2.05, 4.69) is 5.16 Å². The molecule has 110 valence electrons. The SMILES string of the molecule is N/C(=N/O)c1cccc(COc2ccc(Cl)cc2Cl)c1F. The first kappa shape index (κ1) is 15.4. The van der Waals surface area contributed by atoms with Gasteiger partial charge in [0.05, 0.1) is 10.6 Å². The average Bonchev–Trinajstić information content (AvgIpc) is 2.47. The Morgan fingerprint density at radius 2 is 2.05 bits per heavy atom. The first-order valence-corrected chi connectivity index (χ1v) is 6.61. The maximum Gasteiger partial charge on any atom is 0.173 e. The normalized spacial score (nSPS) is 11.5. The Morgan fingerprint density at radius 3 is 2.71 bits per heavy atom. The minimum absolute atomic E-state index is 0.000744. The van der Waals surface area contributed by atoms with Gasteiger partial charge in [-0.15, -0.1) is 0 Å². The van der Waals surface area contributed by atoms with Crippen LogP contribution in [0, 0.1) is 5.82 Å². The van der Waals surface area contributed by atoms with Crippen molar-refractivity contribution in [1.82, 2.24) is 0 Å². The standard InChI is InChI=1S/C14H11Cl2FN2O2/c15-9-4-5-12(11(16)6-9)21-7-8-2-1-3-10(13(8)17)14(18)19-20/h1-6,20H,7H2,(H2,18,19). The third-order valence-corrected chi connectivity index (χ3v) is 3.27. The lowest BCUT2D eigenvalue weighted by Crippen LogP contribution is -2.16. The molecule has 0 heterocycles. The summed E-state index contributed by atoms with van der Waals surface area (Å²) in [6.45, 7) is -0.0558. The Hall–Kier alpha value is -1.98. The van der Waals surface area contributed by atoms with Crippen molar-refractivity contribution in [3.8, 4) is 5.75 Å². The highest BCUT2D eigenvalue weighted by Gasteiger charge is 2.12. The topological polar surface area (TPSA) is 67.8 Å². The van der Waals surface area contributed by atoms with Gasteiger partial charge in [-0.25, -0.2) is 4.39 Å². The van der Waals surface area contributed by atoms with E-state index in [-0.39, 0.29) is 23.6 Å². The van der Waals surface area contributed by atoms with Gasteiger partial charge >= 0.3 is 0 Å². The Kier molecular flexibility index (Phi) is 4.88. The van der Waals surface area contributed by atoms with Crippen LogP contribution in [0.1, 0.15) is 11.1 Å². The molecule has 0 unspecified atom stereocenters. The Bertz CT molecular complexity index is 693. The van der Waals surface area contributed by atoms with E-state index >= 15 is 0 Å². The zero-order valence-corrected chi connectivity index (χ0v) is 12.2. The summed E-state index contributed by atoms with van der Waals surface area (Å²) >= 11 is 11.7. The summed E-state index contributed by atoms with van der Waals surface area (Å²) in [5.41, 5.74) is 5.65. The van der Waals surface area contributed by atoms with Crippen molar-refractivity contribution in [2.24, 2.45) is 10.9 Å². The van der Waals surface area contributed by atoms with E-state index < -0.39 is 5.82 Å². The highest BCUT2D eigenvalue weighted by Crippen LogP contribution is 2.28. The van der Waals surface area contributed by atoms with Gasteiger partial charge in [-0.3, -0.25) is 0 Å². The van der Waals surface area contributed by atoms with Crippen LogP contribution >= 0.6 is 23.2 Å². The lowest BCUT2D eigenvalue weighted by atomic mass is 10.1. The van der Waals surface area contributed by atoms with Crippen molar-refractivity contribution in [1.29, 1.82) is 0 Å². The molecule has 0 saturated heterocycles. The summed E-state index contributed by atoms with van der Waals surface area (Å²) in [7, 11) is 0. The van der Waals surface area contributed by atoms with Gasteiger partial charge in [0.1, 0.15) is 18.2 Å². The number of nitrogens with zero attached hydrogens (tertiary/aromatic N) is 1. The molecule has 0 aliphatic rings. The van der Waals surface area contributed by atoms with Gasteiger partial charge in [0.15, 0.2) is 5.84 Å². The van der Waals surface area contributed by atoms with Crippen LogP contribution in [-0.4, -0.2) is 11.0 Å². The second-order valence-corrected chi connectivity index (χ2v) is 4.97. The maximum atomic E-state index is 14.2. The van der Waals surface area contributed by atoms with Crippen molar-refractivity contribution in [3.63, 3.8) is 0 Å². The number of halogens is 3. The summed E-state index contributed by atoms with van der Waals surface area (Å²) in [4.78, 5) is 0. The predicted octanol–water partition coefficient (Wildman–Crippen LogP) is 3.81. The third kappa shape index (κ3) is 3.56. The molecule has 0 fully saturated rings. The molecular weight excluding hydrogens is 318 g/mol. The van der Waals surface area contributed by atoms with Gasteiger partial charge in [-0.1, -0.05) is 40.5 Å². The van der Waals surface area contributed by atoms with Crippen molar-refractivity contribution < 1.29 is 14.3 Å². The summed E-state index contributed by atoms with van der Waals surface area (Å²) in [6.07, 6.45) is 0. The van der Waals surface area contributed by atoms with Crippen LogP contribution in [0.4, 0.5) is 4.39 Å². The number of nitrogens with two attached hydrogens (primary N) is 1. The lowest BCUT2D eigenvalue weighted by Gasteiger charge is -2.10. The highest BCUT2D eigenvalue weighted by atomic mass is 35.5. The molecule has 7 heteroatoms. The Labute approximate surface area is 130 Å². The van der Waals surface area contributed by atoms with Crippen LogP contribution in [0.5, 0.6) is 5.75 Å². The largest absolute Gasteiger partial charge is 0.487 e. The average molecular weight is 329 g/mol. The van der Waals surface area contributed by atoms with Gasteiger partial charge in [-0.05, 0) is 24.3 Å². The molecule has 0 aliphatic heterocycles. The Morgan fingerprint density at radius 1 is 1.29 bits per heavy atom. The minimum atomic E-state index is -0.613. The highest BCUT2D eigenvalue weighted by molar-refractivity contribution is 6.35. The zero-order valence-electron chi connectivity index (χ0n) is 10.7. The molecule has 21 heavy (non-hydrogen) atoms. The van der Waals surface area contributed by atoms with E-state index in [0.29, 0.717) is 15.8 Å². The van der Waals surface area contributed by atoms with E-state index in [1.807, 2.05) is 0 Å². The first-order valence-electron chi connectivity index (χ1n) is 5.86. The van der Waals surface area contributed by atoms with Crippen molar-refractivity contribution in [3.05, 3.63) is 63.4 Å². The number of hydrogen-bond acceptors (Lipinski definition) is 3. The van der Waals surface area contributed by atoms with E-state index in [4.69, 9.17) is 38.9 Å². The van der Waals surface area contributed by atoms with Crippen molar-refractivity contribution in [2.45, 2.75) is 6.61 Å². The fourth-order valence-electron chi connectivity index (χ4n) is 1.69. The fraction of sp³-hybridized carbons (Fsp3) is 0.0714. The second-order valence-electron chi connectivity index (χ2n) is 4.13. The first-order chi connectivity index (χ1) is 10.0. The van der Waals surface area contributed by atoms with Crippen LogP contribution in [0.15, 0.2) is 41.6 Å². The predicted molar refractivity (Wildman–Crippen MR) is 79.7 cm³/mol.